The van der Waals surface area contributed by atoms with Gasteiger partial charge in [0.2, 0.25) is 11.8 Å². The Labute approximate surface area is 163 Å². The molecule has 0 bridgehead atoms. The standard InChI is InChI=1S/C19H23ClN4O3/c1-4-27-17-9-8-15(20)18(23-17)19(26)21-11-13-6-5-7-14(10-13)22-16(25)12-24(2)3/h5-10H,4,11-12H2,1-3H3,(H,21,26)(H,22,25). The van der Waals surface area contributed by atoms with Crippen molar-refractivity contribution in [2.24, 2.45) is 0 Å². The predicted molar refractivity (Wildman–Crippen MR) is 105 cm³/mol. The van der Waals surface area contributed by atoms with E-state index >= 15 is 0 Å². The van der Waals surface area contributed by atoms with Crippen LogP contribution in [-0.2, 0) is 11.3 Å². The van der Waals surface area contributed by atoms with E-state index in [0.29, 0.717) is 24.7 Å². The first-order chi connectivity index (χ1) is 12.9. The first kappa shape index (κ1) is 20.7. The fraction of sp³-hybridized carbons (Fsp3) is 0.316. The van der Waals surface area contributed by atoms with Gasteiger partial charge in [0.1, 0.15) is 0 Å². The van der Waals surface area contributed by atoms with Gasteiger partial charge >= 0.3 is 0 Å². The van der Waals surface area contributed by atoms with E-state index in [9.17, 15) is 9.59 Å². The fourth-order valence-electron chi connectivity index (χ4n) is 2.32. The van der Waals surface area contributed by atoms with Crippen molar-refractivity contribution in [1.82, 2.24) is 15.2 Å². The molecule has 0 radical (unpaired) electrons. The van der Waals surface area contributed by atoms with Crippen LogP contribution in [-0.4, -0.2) is 48.9 Å². The number of nitrogens with zero attached hydrogens (tertiary/aromatic N) is 2. The normalized spacial score (nSPS) is 10.6. The highest BCUT2D eigenvalue weighted by Crippen LogP contribution is 2.18. The summed E-state index contributed by atoms with van der Waals surface area (Å²) in [6.07, 6.45) is 0. The maximum Gasteiger partial charge on any atom is 0.271 e. The second kappa shape index (κ2) is 9.89. The number of hydrogen-bond acceptors (Lipinski definition) is 5. The Hall–Kier alpha value is -2.64. The van der Waals surface area contributed by atoms with Crippen LogP contribution in [0.5, 0.6) is 5.88 Å². The predicted octanol–water partition coefficient (Wildman–Crippen LogP) is 2.56. The highest BCUT2D eigenvalue weighted by molar-refractivity contribution is 6.33. The van der Waals surface area contributed by atoms with Crippen molar-refractivity contribution in [3.8, 4) is 5.88 Å². The minimum absolute atomic E-state index is 0.107. The number of hydrogen-bond donors (Lipinski definition) is 2. The lowest BCUT2D eigenvalue weighted by Gasteiger charge is -2.12. The monoisotopic (exact) mass is 390 g/mol. The summed E-state index contributed by atoms with van der Waals surface area (Å²) in [6.45, 7) is 2.84. The molecule has 1 aromatic heterocycles. The molecule has 2 amide bonds. The van der Waals surface area contributed by atoms with E-state index in [4.69, 9.17) is 16.3 Å². The molecule has 144 valence electrons. The van der Waals surface area contributed by atoms with E-state index in [1.165, 1.54) is 0 Å². The Balaban J connectivity index is 2.00. The minimum Gasteiger partial charge on any atom is -0.478 e. The Morgan fingerprint density at radius 2 is 2.00 bits per heavy atom. The molecule has 0 saturated carbocycles. The van der Waals surface area contributed by atoms with Crippen LogP contribution in [0.2, 0.25) is 5.02 Å². The van der Waals surface area contributed by atoms with Crippen LogP contribution in [0.3, 0.4) is 0 Å². The molecule has 8 heteroatoms. The van der Waals surface area contributed by atoms with Crippen LogP contribution in [0, 0.1) is 0 Å². The fourth-order valence-corrected chi connectivity index (χ4v) is 2.52. The smallest absolute Gasteiger partial charge is 0.271 e. The molecular formula is C19H23ClN4O3. The van der Waals surface area contributed by atoms with Gasteiger partial charge in [-0.1, -0.05) is 23.7 Å². The van der Waals surface area contributed by atoms with E-state index in [1.54, 1.807) is 29.2 Å². The largest absolute Gasteiger partial charge is 0.478 e. The average Bonchev–Trinajstić information content (AvgIpc) is 2.61. The van der Waals surface area contributed by atoms with Gasteiger partial charge in [-0.2, -0.15) is 0 Å². The first-order valence-electron chi connectivity index (χ1n) is 8.50. The maximum atomic E-state index is 12.4. The third kappa shape index (κ3) is 6.54. The van der Waals surface area contributed by atoms with E-state index in [1.807, 2.05) is 33.2 Å². The number of halogens is 1. The van der Waals surface area contributed by atoms with Crippen molar-refractivity contribution in [2.45, 2.75) is 13.5 Å². The minimum atomic E-state index is -0.399. The van der Waals surface area contributed by atoms with E-state index in [2.05, 4.69) is 15.6 Å². The summed E-state index contributed by atoms with van der Waals surface area (Å²) in [4.78, 5) is 30.2. The van der Waals surface area contributed by atoms with Crippen molar-refractivity contribution >= 4 is 29.1 Å². The lowest BCUT2D eigenvalue weighted by molar-refractivity contribution is -0.116. The molecule has 0 aliphatic rings. The molecule has 0 fully saturated rings. The average molecular weight is 391 g/mol. The molecule has 0 atom stereocenters. The van der Waals surface area contributed by atoms with Crippen molar-refractivity contribution in [3.63, 3.8) is 0 Å². The molecule has 7 nitrogen and oxygen atoms in total. The second-order valence-corrected chi connectivity index (χ2v) is 6.49. The van der Waals surface area contributed by atoms with Crippen molar-refractivity contribution in [3.05, 3.63) is 52.7 Å². The van der Waals surface area contributed by atoms with Gasteiger partial charge in [0.15, 0.2) is 5.69 Å². The summed E-state index contributed by atoms with van der Waals surface area (Å²) in [5.41, 5.74) is 1.62. The van der Waals surface area contributed by atoms with Crippen LogP contribution in [0.4, 0.5) is 5.69 Å². The highest BCUT2D eigenvalue weighted by Gasteiger charge is 2.14. The highest BCUT2D eigenvalue weighted by atomic mass is 35.5. The van der Waals surface area contributed by atoms with Crippen molar-refractivity contribution in [1.29, 1.82) is 0 Å². The number of pyridine rings is 1. The Kier molecular flexibility index (Phi) is 7.57. The zero-order valence-corrected chi connectivity index (χ0v) is 16.3. The lowest BCUT2D eigenvalue weighted by Crippen LogP contribution is -2.27. The molecule has 2 aromatic rings. The third-order valence-corrected chi connectivity index (χ3v) is 3.76. The van der Waals surface area contributed by atoms with Crippen molar-refractivity contribution in [2.75, 3.05) is 32.6 Å². The summed E-state index contributed by atoms with van der Waals surface area (Å²) >= 11 is 6.07. The number of aromatic nitrogens is 1. The zero-order chi connectivity index (χ0) is 19.8. The molecule has 0 unspecified atom stereocenters. The molecule has 2 N–H and O–H groups in total. The zero-order valence-electron chi connectivity index (χ0n) is 15.6. The summed E-state index contributed by atoms with van der Waals surface area (Å²) in [7, 11) is 3.65. The molecule has 0 aliphatic heterocycles. The number of nitrogens with one attached hydrogen (secondary N) is 2. The third-order valence-electron chi connectivity index (χ3n) is 3.45. The van der Waals surface area contributed by atoms with Gasteiger partial charge in [0, 0.05) is 18.3 Å². The topological polar surface area (TPSA) is 83.6 Å². The van der Waals surface area contributed by atoms with Crippen LogP contribution in [0.25, 0.3) is 0 Å². The lowest BCUT2D eigenvalue weighted by atomic mass is 10.2. The summed E-state index contributed by atoms with van der Waals surface area (Å²) in [6, 6.07) is 10.5. The summed E-state index contributed by atoms with van der Waals surface area (Å²) in [5, 5.41) is 5.85. The van der Waals surface area contributed by atoms with E-state index in [0.717, 1.165) is 5.56 Å². The Morgan fingerprint density at radius 3 is 2.70 bits per heavy atom. The van der Waals surface area contributed by atoms with Crippen LogP contribution in [0.1, 0.15) is 23.0 Å². The van der Waals surface area contributed by atoms with Gasteiger partial charge in [-0.3, -0.25) is 9.59 Å². The number of benzene rings is 1. The van der Waals surface area contributed by atoms with Crippen LogP contribution in [0.15, 0.2) is 36.4 Å². The maximum absolute atomic E-state index is 12.4. The van der Waals surface area contributed by atoms with Gasteiger partial charge in [-0.25, -0.2) is 4.98 Å². The van der Waals surface area contributed by atoms with Gasteiger partial charge < -0.3 is 20.3 Å². The number of carbonyl (C=O) groups excluding carboxylic acids is 2. The molecule has 0 aliphatic carbocycles. The second-order valence-electron chi connectivity index (χ2n) is 6.08. The van der Waals surface area contributed by atoms with Crippen LogP contribution >= 0.6 is 11.6 Å². The number of amides is 2. The molecule has 1 aromatic carbocycles. The van der Waals surface area contributed by atoms with Crippen LogP contribution < -0.4 is 15.4 Å². The quantitative estimate of drug-likeness (QED) is 0.723. The van der Waals surface area contributed by atoms with Crippen molar-refractivity contribution < 1.29 is 14.3 Å². The molecule has 0 spiro atoms. The molecule has 1 heterocycles. The molecular weight excluding hydrogens is 368 g/mol. The Morgan fingerprint density at radius 1 is 1.22 bits per heavy atom. The Bertz CT molecular complexity index is 811. The SMILES string of the molecule is CCOc1ccc(Cl)c(C(=O)NCc2cccc(NC(=O)CN(C)C)c2)n1. The first-order valence-corrected chi connectivity index (χ1v) is 8.88. The summed E-state index contributed by atoms with van der Waals surface area (Å²) < 4.78 is 5.30. The molecule has 27 heavy (non-hydrogen) atoms. The van der Waals surface area contributed by atoms with Gasteiger partial charge in [0.05, 0.1) is 18.2 Å². The molecule has 0 saturated heterocycles. The number of ether oxygens (including phenoxy) is 1. The number of carbonyl (C=O) groups is 2. The van der Waals surface area contributed by atoms with Gasteiger partial charge in [0.25, 0.3) is 5.91 Å². The van der Waals surface area contributed by atoms with E-state index < -0.39 is 5.91 Å². The summed E-state index contributed by atoms with van der Waals surface area (Å²) in [5.74, 6) is -0.161. The number of rotatable bonds is 8. The number of likely N-dealkylation sites (N-methyl/N-ethyl adjacent to an activating group) is 1. The van der Waals surface area contributed by atoms with Gasteiger partial charge in [-0.15, -0.1) is 0 Å². The molecule has 2 rings (SSSR count). The van der Waals surface area contributed by atoms with Gasteiger partial charge in [-0.05, 0) is 44.8 Å². The number of anilines is 1. The van der Waals surface area contributed by atoms with E-state index in [-0.39, 0.29) is 23.2 Å².